The van der Waals surface area contributed by atoms with Gasteiger partial charge in [-0.1, -0.05) is 18.5 Å². The summed E-state index contributed by atoms with van der Waals surface area (Å²) in [7, 11) is 1.62. The molecule has 30 heavy (non-hydrogen) atoms. The summed E-state index contributed by atoms with van der Waals surface area (Å²) in [5.41, 5.74) is 1.32. The molecule has 0 atom stereocenters. The number of fused-ring (bicyclic) bond motifs is 1. The van der Waals surface area contributed by atoms with E-state index in [2.05, 4.69) is 27.1 Å². The molecule has 0 bridgehead atoms. The van der Waals surface area contributed by atoms with Crippen LogP contribution < -0.4 is 14.8 Å². The lowest BCUT2D eigenvalue weighted by Crippen LogP contribution is -2.38. The van der Waals surface area contributed by atoms with E-state index in [9.17, 15) is 4.39 Å². The van der Waals surface area contributed by atoms with E-state index in [1.165, 1.54) is 18.5 Å². The molecular formula is C22H24ClFN4O2. The van der Waals surface area contributed by atoms with Crippen LogP contribution in [0.1, 0.15) is 19.8 Å². The van der Waals surface area contributed by atoms with Crippen LogP contribution in [0.25, 0.3) is 10.9 Å². The topological polar surface area (TPSA) is 59.5 Å². The van der Waals surface area contributed by atoms with Gasteiger partial charge in [0.25, 0.3) is 0 Å². The fraction of sp³-hybridized carbons (Fsp3) is 0.364. The van der Waals surface area contributed by atoms with Gasteiger partial charge in [-0.3, -0.25) is 0 Å². The van der Waals surface area contributed by atoms with Crippen molar-refractivity contribution in [1.29, 1.82) is 0 Å². The van der Waals surface area contributed by atoms with Gasteiger partial charge in [-0.2, -0.15) is 0 Å². The van der Waals surface area contributed by atoms with Gasteiger partial charge in [-0.05, 0) is 37.6 Å². The van der Waals surface area contributed by atoms with Gasteiger partial charge < -0.3 is 19.7 Å². The monoisotopic (exact) mass is 430 g/mol. The Morgan fingerprint density at radius 2 is 2.00 bits per heavy atom. The Kier molecular flexibility index (Phi) is 6.20. The first-order valence-corrected chi connectivity index (χ1v) is 10.4. The number of methoxy groups -OCH3 is 1. The fourth-order valence-corrected chi connectivity index (χ4v) is 3.85. The Hall–Kier alpha value is -2.64. The second kappa shape index (κ2) is 9.02. The number of nitrogens with one attached hydrogen (secondary N) is 1. The lowest BCUT2D eigenvalue weighted by Gasteiger charge is -2.31. The summed E-state index contributed by atoms with van der Waals surface area (Å²) in [6.45, 7) is 5.25. The van der Waals surface area contributed by atoms with Crippen LogP contribution in [0.5, 0.6) is 11.5 Å². The standard InChI is InChI=1S/C22H24ClFN4O2/c1-3-28-8-6-15(7-9-28)30-20-12-16(29-2)11-19-21(20)22(26-13-25-19)27-14-4-5-18(24)17(23)10-14/h4-5,10-13,15H,3,6-9H2,1-2H3,(H,25,26,27). The number of hydrogen-bond donors (Lipinski definition) is 1. The van der Waals surface area contributed by atoms with Gasteiger partial charge >= 0.3 is 0 Å². The average molecular weight is 431 g/mol. The van der Waals surface area contributed by atoms with Gasteiger partial charge in [0, 0.05) is 30.9 Å². The van der Waals surface area contributed by atoms with E-state index in [4.69, 9.17) is 21.1 Å². The highest BCUT2D eigenvalue weighted by molar-refractivity contribution is 6.31. The Morgan fingerprint density at radius 1 is 1.20 bits per heavy atom. The Morgan fingerprint density at radius 3 is 2.70 bits per heavy atom. The van der Waals surface area contributed by atoms with E-state index in [1.54, 1.807) is 13.2 Å². The molecule has 0 saturated carbocycles. The third kappa shape index (κ3) is 4.42. The number of benzene rings is 2. The summed E-state index contributed by atoms with van der Waals surface area (Å²) in [6.07, 6.45) is 3.49. The molecule has 0 unspecified atom stereocenters. The number of hydrogen-bond acceptors (Lipinski definition) is 6. The molecule has 1 fully saturated rings. The van der Waals surface area contributed by atoms with E-state index in [0.29, 0.717) is 28.5 Å². The summed E-state index contributed by atoms with van der Waals surface area (Å²) in [4.78, 5) is 11.2. The number of halogens is 2. The number of anilines is 2. The van der Waals surface area contributed by atoms with Crippen molar-refractivity contribution in [1.82, 2.24) is 14.9 Å². The highest BCUT2D eigenvalue weighted by Crippen LogP contribution is 2.37. The van der Waals surface area contributed by atoms with Gasteiger partial charge in [0.1, 0.15) is 35.6 Å². The van der Waals surface area contributed by atoms with Crippen LogP contribution in [0.2, 0.25) is 5.02 Å². The summed E-state index contributed by atoms with van der Waals surface area (Å²) in [5.74, 6) is 1.42. The van der Waals surface area contributed by atoms with Crippen LogP contribution in [0.3, 0.4) is 0 Å². The first-order chi connectivity index (χ1) is 14.6. The molecule has 1 saturated heterocycles. The molecule has 0 aliphatic carbocycles. The van der Waals surface area contributed by atoms with Gasteiger partial charge in [-0.15, -0.1) is 0 Å². The molecule has 1 aliphatic heterocycles. The minimum Gasteiger partial charge on any atom is -0.497 e. The van der Waals surface area contributed by atoms with E-state index in [-0.39, 0.29) is 11.1 Å². The maximum absolute atomic E-state index is 13.5. The fourth-order valence-electron chi connectivity index (χ4n) is 3.67. The molecule has 158 valence electrons. The van der Waals surface area contributed by atoms with E-state index < -0.39 is 5.82 Å². The summed E-state index contributed by atoms with van der Waals surface area (Å²) in [5, 5.41) is 4.00. The van der Waals surface area contributed by atoms with Crippen LogP contribution >= 0.6 is 11.6 Å². The normalized spacial score (nSPS) is 15.3. The molecule has 2 aromatic carbocycles. The third-order valence-electron chi connectivity index (χ3n) is 5.37. The zero-order chi connectivity index (χ0) is 21.1. The Bertz CT molecular complexity index is 1040. The molecule has 0 radical (unpaired) electrons. The van der Waals surface area contributed by atoms with Gasteiger partial charge in [0.05, 0.1) is 23.0 Å². The third-order valence-corrected chi connectivity index (χ3v) is 5.66. The van der Waals surface area contributed by atoms with Crippen LogP contribution in [0.4, 0.5) is 15.9 Å². The lowest BCUT2D eigenvalue weighted by molar-refractivity contribution is 0.105. The van der Waals surface area contributed by atoms with Crippen molar-refractivity contribution in [2.45, 2.75) is 25.9 Å². The molecule has 8 heteroatoms. The van der Waals surface area contributed by atoms with Crippen molar-refractivity contribution in [3.8, 4) is 11.5 Å². The van der Waals surface area contributed by atoms with Crippen LogP contribution in [-0.2, 0) is 0 Å². The highest BCUT2D eigenvalue weighted by Gasteiger charge is 2.22. The zero-order valence-corrected chi connectivity index (χ0v) is 17.7. The zero-order valence-electron chi connectivity index (χ0n) is 17.0. The van der Waals surface area contributed by atoms with Crippen molar-refractivity contribution < 1.29 is 13.9 Å². The molecule has 0 amide bonds. The number of nitrogens with zero attached hydrogens (tertiary/aromatic N) is 3. The molecule has 6 nitrogen and oxygen atoms in total. The van der Waals surface area contributed by atoms with Crippen molar-refractivity contribution >= 4 is 34.0 Å². The van der Waals surface area contributed by atoms with Crippen LogP contribution in [0.15, 0.2) is 36.7 Å². The highest BCUT2D eigenvalue weighted by atomic mass is 35.5. The number of aromatic nitrogens is 2. The first kappa shape index (κ1) is 20.6. The number of likely N-dealkylation sites (tertiary alicyclic amines) is 1. The molecule has 1 aromatic heterocycles. The molecule has 3 aromatic rings. The predicted octanol–water partition coefficient (Wildman–Crippen LogP) is 5.04. The van der Waals surface area contributed by atoms with E-state index in [0.717, 1.165) is 37.9 Å². The molecule has 1 N–H and O–H groups in total. The minimum absolute atomic E-state index is 0.0409. The molecule has 4 rings (SSSR count). The lowest BCUT2D eigenvalue weighted by atomic mass is 10.1. The predicted molar refractivity (Wildman–Crippen MR) is 117 cm³/mol. The first-order valence-electron chi connectivity index (χ1n) is 10.0. The number of rotatable bonds is 6. The second-order valence-corrected chi connectivity index (χ2v) is 7.65. The molecule has 2 heterocycles. The Labute approximate surface area is 180 Å². The summed E-state index contributed by atoms with van der Waals surface area (Å²) >= 11 is 5.93. The average Bonchev–Trinajstić information content (AvgIpc) is 2.76. The van der Waals surface area contributed by atoms with E-state index in [1.807, 2.05) is 12.1 Å². The molecule has 0 spiro atoms. The van der Waals surface area contributed by atoms with Gasteiger partial charge in [0.2, 0.25) is 0 Å². The van der Waals surface area contributed by atoms with E-state index >= 15 is 0 Å². The Balaban J connectivity index is 1.69. The second-order valence-electron chi connectivity index (χ2n) is 7.25. The van der Waals surface area contributed by atoms with Crippen molar-refractivity contribution in [2.24, 2.45) is 0 Å². The molecule has 1 aliphatic rings. The van der Waals surface area contributed by atoms with Crippen molar-refractivity contribution in [2.75, 3.05) is 32.1 Å². The number of ether oxygens (including phenoxy) is 2. The molecular weight excluding hydrogens is 407 g/mol. The minimum atomic E-state index is -0.470. The SMILES string of the molecule is CCN1CCC(Oc2cc(OC)cc3ncnc(Nc4ccc(F)c(Cl)c4)c23)CC1. The number of piperidine rings is 1. The van der Waals surface area contributed by atoms with Crippen molar-refractivity contribution in [3.05, 3.63) is 47.5 Å². The summed E-state index contributed by atoms with van der Waals surface area (Å²) in [6, 6.07) is 8.15. The van der Waals surface area contributed by atoms with Gasteiger partial charge in [-0.25, -0.2) is 14.4 Å². The van der Waals surface area contributed by atoms with Crippen molar-refractivity contribution in [3.63, 3.8) is 0 Å². The van der Waals surface area contributed by atoms with Gasteiger partial charge in [0.15, 0.2) is 0 Å². The smallest absolute Gasteiger partial charge is 0.145 e. The van der Waals surface area contributed by atoms with Crippen LogP contribution in [-0.4, -0.2) is 47.7 Å². The maximum atomic E-state index is 13.5. The summed E-state index contributed by atoms with van der Waals surface area (Å²) < 4.78 is 25.4. The maximum Gasteiger partial charge on any atom is 0.145 e. The largest absolute Gasteiger partial charge is 0.497 e. The van der Waals surface area contributed by atoms with Crippen LogP contribution in [0, 0.1) is 5.82 Å². The quantitative estimate of drug-likeness (QED) is 0.591.